The van der Waals surface area contributed by atoms with Gasteiger partial charge in [-0.3, -0.25) is 14.5 Å². The molecule has 0 N–H and O–H groups in total. The van der Waals surface area contributed by atoms with Crippen molar-refractivity contribution < 1.29 is 9.59 Å². The van der Waals surface area contributed by atoms with Crippen LogP contribution in [0.15, 0.2) is 24.3 Å². The van der Waals surface area contributed by atoms with Gasteiger partial charge in [0.15, 0.2) is 0 Å². The molecule has 0 unspecified atom stereocenters. The molecule has 1 heterocycles. The molecule has 2 rings (SSSR count). The number of benzene rings is 1. The first-order valence-electron chi connectivity index (χ1n) is 5.55. The van der Waals surface area contributed by atoms with Gasteiger partial charge in [-0.15, -0.1) is 0 Å². The van der Waals surface area contributed by atoms with Crippen LogP contribution in [0.5, 0.6) is 0 Å². The second-order valence-corrected chi connectivity index (χ2v) is 4.22. The molecule has 84 valence electrons. The van der Waals surface area contributed by atoms with Crippen LogP contribution in [0.2, 0.25) is 0 Å². The van der Waals surface area contributed by atoms with Crippen LogP contribution in [-0.2, 0) is 16.1 Å². The van der Waals surface area contributed by atoms with E-state index in [4.69, 9.17) is 0 Å². The van der Waals surface area contributed by atoms with Crippen molar-refractivity contribution in [2.45, 2.75) is 32.7 Å². The van der Waals surface area contributed by atoms with Gasteiger partial charge in [-0.2, -0.15) is 0 Å². The van der Waals surface area contributed by atoms with Crippen molar-refractivity contribution in [3.63, 3.8) is 0 Å². The number of imide groups is 1. The van der Waals surface area contributed by atoms with Gasteiger partial charge in [0.25, 0.3) is 0 Å². The van der Waals surface area contributed by atoms with Gasteiger partial charge in [-0.1, -0.05) is 29.8 Å². The molecule has 1 aliphatic rings. The fourth-order valence-electron chi connectivity index (χ4n) is 1.97. The van der Waals surface area contributed by atoms with E-state index >= 15 is 0 Å². The van der Waals surface area contributed by atoms with Crippen molar-refractivity contribution in [1.82, 2.24) is 4.90 Å². The second kappa shape index (κ2) is 4.47. The first-order chi connectivity index (χ1) is 7.66. The summed E-state index contributed by atoms with van der Waals surface area (Å²) in [6, 6.07) is 7.91. The second-order valence-electron chi connectivity index (χ2n) is 4.22. The lowest BCUT2D eigenvalue weighted by Crippen LogP contribution is -2.39. The average molecular weight is 217 g/mol. The molecule has 0 radical (unpaired) electrons. The third kappa shape index (κ3) is 2.30. The van der Waals surface area contributed by atoms with Crippen molar-refractivity contribution >= 4 is 11.8 Å². The van der Waals surface area contributed by atoms with Crippen LogP contribution in [0.3, 0.4) is 0 Å². The molecule has 1 aliphatic heterocycles. The maximum Gasteiger partial charge on any atom is 0.229 e. The highest BCUT2D eigenvalue weighted by atomic mass is 16.2. The Morgan fingerprint density at radius 1 is 1.19 bits per heavy atom. The van der Waals surface area contributed by atoms with Crippen LogP contribution in [0.25, 0.3) is 0 Å². The zero-order chi connectivity index (χ0) is 11.5. The van der Waals surface area contributed by atoms with Crippen molar-refractivity contribution in [1.29, 1.82) is 0 Å². The molecular formula is C13H15NO2. The predicted molar refractivity (Wildman–Crippen MR) is 60.6 cm³/mol. The minimum atomic E-state index is -0.0437. The molecule has 1 fully saturated rings. The van der Waals surface area contributed by atoms with Crippen LogP contribution < -0.4 is 0 Å². The van der Waals surface area contributed by atoms with Crippen LogP contribution in [0.4, 0.5) is 0 Å². The summed E-state index contributed by atoms with van der Waals surface area (Å²) in [5.74, 6) is -0.0875. The lowest BCUT2D eigenvalue weighted by Gasteiger charge is -2.24. The van der Waals surface area contributed by atoms with E-state index in [1.807, 2.05) is 31.2 Å². The van der Waals surface area contributed by atoms with E-state index in [0.717, 1.165) is 11.1 Å². The average Bonchev–Trinajstić information content (AvgIpc) is 2.24. The first-order valence-corrected chi connectivity index (χ1v) is 5.55. The van der Waals surface area contributed by atoms with Crippen molar-refractivity contribution in [3.05, 3.63) is 35.4 Å². The van der Waals surface area contributed by atoms with E-state index in [2.05, 4.69) is 0 Å². The Balaban J connectivity index is 2.13. The van der Waals surface area contributed by atoms with E-state index in [-0.39, 0.29) is 11.8 Å². The third-order valence-corrected chi connectivity index (χ3v) is 2.81. The molecule has 3 nitrogen and oxygen atoms in total. The quantitative estimate of drug-likeness (QED) is 0.711. The molecule has 0 atom stereocenters. The minimum Gasteiger partial charge on any atom is -0.278 e. The summed E-state index contributed by atoms with van der Waals surface area (Å²) in [5.41, 5.74) is 2.16. The van der Waals surface area contributed by atoms with E-state index < -0.39 is 0 Å². The van der Waals surface area contributed by atoms with Crippen LogP contribution >= 0.6 is 0 Å². The molecule has 0 saturated carbocycles. The summed E-state index contributed by atoms with van der Waals surface area (Å²) >= 11 is 0. The fraction of sp³-hybridized carbons (Fsp3) is 0.385. The molecule has 0 spiro atoms. The zero-order valence-electron chi connectivity index (χ0n) is 9.40. The predicted octanol–water partition coefficient (Wildman–Crippen LogP) is 2.03. The molecule has 3 heteroatoms. The van der Waals surface area contributed by atoms with Gasteiger partial charge in [0, 0.05) is 12.8 Å². The van der Waals surface area contributed by atoms with Gasteiger partial charge in [0.05, 0.1) is 6.54 Å². The number of nitrogens with zero attached hydrogens (tertiary/aromatic N) is 1. The largest absolute Gasteiger partial charge is 0.278 e. The number of hydrogen-bond donors (Lipinski definition) is 0. The summed E-state index contributed by atoms with van der Waals surface area (Å²) < 4.78 is 0. The van der Waals surface area contributed by atoms with Crippen molar-refractivity contribution in [2.24, 2.45) is 0 Å². The summed E-state index contributed by atoms with van der Waals surface area (Å²) in [4.78, 5) is 24.6. The van der Waals surface area contributed by atoms with Crippen molar-refractivity contribution in [3.8, 4) is 0 Å². The highest BCUT2D eigenvalue weighted by molar-refractivity contribution is 5.97. The monoisotopic (exact) mass is 217 g/mol. The molecule has 0 aromatic heterocycles. The van der Waals surface area contributed by atoms with Gasteiger partial charge in [0.1, 0.15) is 0 Å². The summed E-state index contributed by atoms with van der Waals surface area (Å²) in [6.45, 7) is 2.42. The molecule has 2 amide bonds. The molecular weight excluding hydrogens is 202 g/mol. The lowest BCUT2D eigenvalue weighted by atomic mass is 10.1. The van der Waals surface area contributed by atoms with Gasteiger partial charge in [0.2, 0.25) is 11.8 Å². The normalized spacial score (nSPS) is 16.7. The molecule has 0 bridgehead atoms. The number of amides is 2. The summed E-state index contributed by atoms with van der Waals surface area (Å²) in [7, 11) is 0. The van der Waals surface area contributed by atoms with Gasteiger partial charge in [-0.05, 0) is 18.9 Å². The topological polar surface area (TPSA) is 37.4 Å². The maximum atomic E-state index is 11.6. The number of carbonyl (C=O) groups is 2. The first kappa shape index (κ1) is 10.9. The highest BCUT2D eigenvalue weighted by Crippen LogP contribution is 2.16. The molecule has 1 saturated heterocycles. The summed E-state index contributed by atoms with van der Waals surface area (Å²) in [5, 5.41) is 0. The van der Waals surface area contributed by atoms with Gasteiger partial charge >= 0.3 is 0 Å². The van der Waals surface area contributed by atoms with Gasteiger partial charge in [-0.25, -0.2) is 0 Å². The number of piperidine rings is 1. The number of aryl methyl sites for hydroxylation is 1. The molecule has 1 aromatic carbocycles. The number of likely N-dealkylation sites (tertiary alicyclic amines) is 1. The van der Waals surface area contributed by atoms with Crippen molar-refractivity contribution in [2.75, 3.05) is 0 Å². The number of rotatable bonds is 2. The maximum absolute atomic E-state index is 11.6. The minimum absolute atomic E-state index is 0.0437. The number of carbonyl (C=O) groups excluding carboxylic acids is 2. The molecule has 0 aliphatic carbocycles. The third-order valence-electron chi connectivity index (χ3n) is 2.81. The SMILES string of the molecule is Cc1cccc(CN2C(=O)CCCC2=O)c1. The Kier molecular flexibility index (Phi) is 3.04. The van der Waals surface area contributed by atoms with E-state index in [1.165, 1.54) is 4.90 Å². The van der Waals surface area contributed by atoms with Crippen LogP contribution in [0, 0.1) is 6.92 Å². The van der Waals surface area contributed by atoms with E-state index in [0.29, 0.717) is 25.8 Å². The van der Waals surface area contributed by atoms with E-state index in [9.17, 15) is 9.59 Å². The Morgan fingerprint density at radius 2 is 1.88 bits per heavy atom. The Bertz CT molecular complexity index is 410. The summed E-state index contributed by atoms with van der Waals surface area (Å²) in [6.07, 6.45) is 1.69. The fourth-order valence-corrected chi connectivity index (χ4v) is 1.97. The smallest absolute Gasteiger partial charge is 0.229 e. The molecule has 1 aromatic rings. The molecule has 16 heavy (non-hydrogen) atoms. The van der Waals surface area contributed by atoms with Gasteiger partial charge < -0.3 is 0 Å². The lowest BCUT2D eigenvalue weighted by molar-refractivity contribution is -0.148. The van der Waals surface area contributed by atoms with Crippen LogP contribution in [-0.4, -0.2) is 16.7 Å². The standard InChI is InChI=1S/C13H15NO2/c1-10-4-2-5-11(8-10)9-14-12(15)6-3-7-13(14)16/h2,4-5,8H,3,6-7,9H2,1H3. The Labute approximate surface area is 95.1 Å². The highest BCUT2D eigenvalue weighted by Gasteiger charge is 2.25. The van der Waals surface area contributed by atoms with Crippen LogP contribution in [0.1, 0.15) is 30.4 Å². The zero-order valence-corrected chi connectivity index (χ0v) is 9.40. The Morgan fingerprint density at radius 3 is 2.50 bits per heavy atom. The Hall–Kier alpha value is -1.64. The number of hydrogen-bond acceptors (Lipinski definition) is 2. The van der Waals surface area contributed by atoms with E-state index in [1.54, 1.807) is 0 Å².